The van der Waals surface area contributed by atoms with Gasteiger partial charge in [0.25, 0.3) is 0 Å². The van der Waals surface area contributed by atoms with Gasteiger partial charge in [-0.1, -0.05) is 35.9 Å². The van der Waals surface area contributed by atoms with E-state index in [0.717, 1.165) is 16.9 Å². The van der Waals surface area contributed by atoms with E-state index in [-0.39, 0.29) is 11.9 Å². The highest BCUT2D eigenvalue weighted by molar-refractivity contribution is 7.99. The summed E-state index contributed by atoms with van der Waals surface area (Å²) in [5, 5.41) is 3.56. The van der Waals surface area contributed by atoms with Crippen molar-refractivity contribution in [3.63, 3.8) is 0 Å². The lowest BCUT2D eigenvalue weighted by molar-refractivity contribution is -0.118. The second-order valence-electron chi connectivity index (χ2n) is 5.09. The Balaban J connectivity index is 1.72. The van der Waals surface area contributed by atoms with Gasteiger partial charge >= 0.3 is 5.97 Å². The van der Waals surface area contributed by atoms with Gasteiger partial charge in [0.1, 0.15) is 0 Å². The molecule has 0 saturated carbocycles. The summed E-state index contributed by atoms with van der Waals surface area (Å²) in [4.78, 5) is 23.2. The third-order valence-corrected chi connectivity index (χ3v) is 4.49. The molecule has 2 rings (SSSR count). The topological polar surface area (TPSA) is 55.4 Å². The van der Waals surface area contributed by atoms with Crippen molar-refractivity contribution in [2.45, 2.75) is 12.3 Å². The van der Waals surface area contributed by atoms with Crippen LogP contribution < -0.4 is 5.32 Å². The van der Waals surface area contributed by atoms with Gasteiger partial charge in [-0.05, 0) is 35.4 Å². The van der Waals surface area contributed by atoms with Gasteiger partial charge in [-0.15, -0.1) is 11.8 Å². The van der Waals surface area contributed by atoms with Crippen LogP contribution in [0.3, 0.4) is 0 Å². The van der Waals surface area contributed by atoms with Gasteiger partial charge in [-0.25, -0.2) is 4.79 Å². The summed E-state index contributed by atoms with van der Waals surface area (Å²) in [7, 11) is 1.34. The Morgan fingerprint density at radius 3 is 2.54 bits per heavy atom. The Morgan fingerprint density at radius 1 is 1.12 bits per heavy atom. The number of rotatable bonds is 7. The van der Waals surface area contributed by atoms with E-state index >= 15 is 0 Å². The fraction of sp³-hybridized carbons (Fsp3) is 0.222. The number of amides is 1. The SMILES string of the molecule is COC(=O)c1ccc(CNC(=O)CSCc2cccc(Cl)c2)cc1. The highest BCUT2D eigenvalue weighted by Crippen LogP contribution is 2.16. The number of esters is 1. The molecule has 0 radical (unpaired) electrons. The highest BCUT2D eigenvalue weighted by atomic mass is 35.5. The molecule has 0 saturated heterocycles. The van der Waals surface area contributed by atoms with Gasteiger partial charge < -0.3 is 10.1 Å². The van der Waals surface area contributed by atoms with Crippen LogP contribution in [0.2, 0.25) is 5.02 Å². The van der Waals surface area contributed by atoms with Crippen molar-refractivity contribution in [1.82, 2.24) is 5.32 Å². The number of carbonyl (C=O) groups excluding carboxylic acids is 2. The zero-order valence-corrected chi connectivity index (χ0v) is 14.8. The first-order valence-electron chi connectivity index (χ1n) is 7.34. The summed E-state index contributed by atoms with van der Waals surface area (Å²) in [5.41, 5.74) is 2.51. The Bertz CT molecular complexity index is 704. The first kappa shape index (κ1) is 18.4. The van der Waals surface area contributed by atoms with E-state index in [9.17, 15) is 9.59 Å². The number of thioether (sulfide) groups is 1. The van der Waals surface area contributed by atoms with Gasteiger partial charge in [0.05, 0.1) is 18.4 Å². The molecule has 0 atom stereocenters. The summed E-state index contributed by atoms with van der Waals surface area (Å²) in [6.45, 7) is 0.429. The van der Waals surface area contributed by atoms with Crippen molar-refractivity contribution in [3.8, 4) is 0 Å². The van der Waals surface area contributed by atoms with E-state index in [1.54, 1.807) is 24.3 Å². The van der Waals surface area contributed by atoms with Crippen LogP contribution in [0.25, 0.3) is 0 Å². The fourth-order valence-corrected chi connectivity index (χ4v) is 3.03. The summed E-state index contributed by atoms with van der Waals surface area (Å²) in [6.07, 6.45) is 0. The molecular formula is C18H18ClNO3S. The molecule has 0 fully saturated rings. The molecule has 0 aromatic heterocycles. The quantitative estimate of drug-likeness (QED) is 0.762. The zero-order chi connectivity index (χ0) is 17.4. The van der Waals surface area contributed by atoms with Gasteiger partial charge in [-0.2, -0.15) is 0 Å². The maximum Gasteiger partial charge on any atom is 0.337 e. The third kappa shape index (κ3) is 5.91. The van der Waals surface area contributed by atoms with Gasteiger partial charge in [0.2, 0.25) is 5.91 Å². The first-order valence-corrected chi connectivity index (χ1v) is 8.88. The number of nitrogens with one attached hydrogen (secondary N) is 1. The van der Waals surface area contributed by atoms with Crippen molar-refractivity contribution in [2.75, 3.05) is 12.9 Å². The van der Waals surface area contributed by atoms with E-state index in [4.69, 9.17) is 11.6 Å². The predicted molar refractivity (Wildman–Crippen MR) is 97.2 cm³/mol. The minimum Gasteiger partial charge on any atom is -0.465 e. The van der Waals surface area contributed by atoms with Crippen molar-refractivity contribution in [2.24, 2.45) is 0 Å². The standard InChI is InChI=1S/C18H18ClNO3S/c1-23-18(22)15-7-5-13(6-8-15)10-20-17(21)12-24-11-14-3-2-4-16(19)9-14/h2-9H,10-12H2,1H3,(H,20,21). The van der Waals surface area contributed by atoms with Crippen LogP contribution in [-0.4, -0.2) is 24.7 Å². The van der Waals surface area contributed by atoms with E-state index in [0.29, 0.717) is 22.9 Å². The molecule has 0 aliphatic rings. The Morgan fingerprint density at radius 2 is 1.88 bits per heavy atom. The molecule has 126 valence electrons. The Kier molecular flexibility index (Phi) is 7.15. The van der Waals surface area contributed by atoms with E-state index in [1.165, 1.54) is 18.9 Å². The lowest BCUT2D eigenvalue weighted by Crippen LogP contribution is -2.24. The zero-order valence-electron chi connectivity index (χ0n) is 13.3. The lowest BCUT2D eigenvalue weighted by Gasteiger charge is -2.06. The molecule has 24 heavy (non-hydrogen) atoms. The first-order chi connectivity index (χ1) is 11.6. The van der Waals surface area contributed by atoms with E-state index < -0.39 is 0 Å². The molecule has 0 heterocycles. The van der Waals surface area contributed by atoms with Crippen LogP contribution in [-0.2, 0) is 21.8 Å². The largest absolute Gasteiger partial charge is 0.465 e. The summed E-state index contributed by atoms with van der Waals surface area (Å²) in [5.74, 6) is 0.719. The predicted octanol–water partition coefficient (Wildman–Crippen LogP) is 3.68. The maximum absolute atomic E-state index is 11.9. The molecular weight excluding hydrogens is 346 g/mol. The van der Waals surface area contributed by atoms with Gasteiger partial charge in [0.15, 0.2) is 0 Å². The molecule has 0 bridgehead atoms. The molecule has 0 spiro atoms. The number of hydrogen-bond acceptors (Lipinski definition) is 4. The minimum absolute atomic E-state index is 0.0286. The molecule has 2 aromatic rings. The number of halogens is 1. The molecule has 2 aromatic carbocycles. The maximum atomic E-state index is 11.9. The van der Waals surface area contributed by atoms with Crippen LogP contribution in [0.4, 0.5) is 0 Å². The molecule has 1 N–H and O–H groups in total. The minimum atomic E-state index is -0.372. The molecule has 4 nitrogen and oxygen atoms in total. The Labute approximate surface area is 150 Å². The van der Waals surface area contributed by atoms with Crippen molar-refractivity contribution in [3.05, 3.63) is 70.2 Å². The fourth-order valence-electron chi connectivity index (χ4n) is 2.02. The van der Waals surface area contributed by atoms with Gasteiger partial charge in [0, 0.05) is 17.3 Å². The van der Waals surface area contributed by atoms with Crippen molar-refractivity contribution < 1.29 is 14.3 Å². The Hall–Kier alpha value is -1.98. The number of benzene rings is 2. The van der Waals surface area contributed by atoms with Crippen molar-refractivity contribution in [1.29, 1.82) is 0 Å². The number of methoxy groups -OCH3 is 1. The molecule has 0 aliphatic carbocycles. The number of hydrogen-bond donors (Lipinski definition) is 1. The van der Waals surface area contributed by atoms with Crippen LogP contribution in [0.15, 0.2) is 48.5 Å². The number of carbonyl (C=O) groups is 2. The average Bonchev–Trinajstić information content (AvgIpc) is 2.60. The van der Waals surface area contributed by atoms with E-state index in [2.05, 4.69) is 10.1 Å². The monoisotopic (exact) mass is 363 g/mol. The van der Waals surface area contributed by atoms with Crippen LogP contribution in [0.1, 0.15) is 21.5 Å². The second kappa shape index (κ2) is 9.35. The normalized spacial score (nSPS) is 10.2. The number of ether oxygens (including phenoxy) is 1. The van der Waals surface area contributed by atoms with Crippen molar-refractivity contribution >= 4 is 35.2 Å². The summed E-state index contributed by atoms with van der Waals surface area (Å²) < 4.78 is 4.64. The third-order valence-electron chi connectivity index (χ3n) is 3.26. The molecule has 0 unspecified atom stereocenters. The molecule has 6 heteroatoms. The van der Waals surface area contributed by atoms with Crippen LogP contribution in [0, 0.1) is 0 Å². The average molecular weight is 364 g/mol. The second-order valence-corrected chi connectivity index (χ2v) is 6.51. The van der Waals surface area contributed by atoms with Crippen LogP contribution in [0.5, 0.6) is 0 Å². The smallest absolute Gasteiger partial charge is 0.337 e. The molecule has 1 amide bonds. The summed E-state index contributed by atoms with van der Waals surface area (Å²) in [6, 6.07) is 14.6. The van der Waals surface area contributed by atoms with Crippen LogP contribution >= 0.6 is 23.4 Å². The van der Waals surface area contributed by atoms with Gasteiger partial charge in [-0.3, -0.25) is 4.79 Å². The highest BCUT2D eigenvalue weighted by Gasteiger charge is 2.06. The molecule has 0 aliphatic heterocycles. The summed E-state index contributed by atoms with van der Waals surface area (Å²) >= 11 is 7.46. The van der Waals surface area contributed by atoms with E-state index in [1.807, 2.05) is 24.3 Å². The lowest BCUT2D eigenvalue weighted by atomic mass is 10.1.